The number of halogens is 2. The highest BCUT2D eigenvalue weighted by molar-refractivity contribution is 7.98. The van der Waals surface area contributed by atoms with Gasteiger partial charge in [0.25, 0.3) is 5.91 Å². The third-order valence-electron chi connectivity index (χ3n) is 4.39. The molecule has 1 amide bonds. The predicted molar refractivity (Wildman–Crippen MR) is 105 cm³/mol. The highest BCUT2D eigenvalue weighted by Crippen LogP contribution is 2.27. The van der Waals surface area contributed by atoms with Crippen LogP contribution in [0, 0.1) is 11.3 Å². The van der Waals surface area contributed by atoms with Gasteiger partial charge in [-0.2, -0.15) is 19.1 Å². The topological polar surface area (TPSA) is 96.5 Å². The molecule has 0 bridgehead atoms. The van der Waals surface area contributed by atoms with Gasteiger partial charge in [-0.25, -0.2) is 9.97 Å². The molecule has 0 spiro atoms. The Morgan fingerprint density at radius 2 is 2.00 bits per heavy atom. The summed E-state index contributed by atoms with van der Waals surface area (Å²) in [6, 6.07) is 5.76. The molecule has 0 radical (unpaired) electrons. The zero-order valence-electron chi connectivity index (χ0n) is 15.9. The van der Waals surface area contributed by atoms with Gasteiger partial charge in [-0.05, 0) is 31.4 Å². The first-order valence-corrected chi connectivity index (χ1v) is 9.89. The molecule has 0 saturated carbocycles. The van der Waals surface area contributed by atoms with Crippen molar-refractivity contribution in [3.63, 3.8) is 0 Å². The summed E-state index contributed by atoms with van der Waals surface area (Å²) < 4.78 is 28.5. The van der Waals surface area contributed by atoms with E-state index in [2.05, 4.69) is 26.5 Å². The van der Waals surface area contributed by atoms with Gasteiger partial charge in [0, 0.05) is 30.3 Å². The Labute approximate surface area is 170 Å². The lowest BCUT2D eigenvalue weighted by atomic mass is 10.0. The molecule has 2 atom stereocenters. The van der Waals surface area contributed by atoms with Gasteiger partial charge in [-0.1, -0.05) is 11.8 Å². The molecule has 0 aliphatic carbocycles. The van der Waals surface area contributed by atoms with Crippen molar-refractivity contribution in [2.75, 3.05) is 6.26 Å². The van der Waals surface area contributed by atoms with Crippen LogP contribution >= 0.6 is 11.8 Å². The monoisotopic (exact) mass is 416 g/mol. The summed E-state index contributed by atoms with van der Waals surface area (Å²) in [5.41, 5.74) is 1.77. The van der Waals surface area contributed by atoms with E-state index >= 15 is 0 Å². The number of benzene rings is 1. The molecule has 0 fully saturated rings. The van der Waals surface area contributed by atoms with Crippen LogP contribution in [0.1, 0.15) is 31.0 Å². The number of nitrogens with zero attached hydrogens (tertiary/aromatic N) is 5. The van der Waals surface area contributed by atoms with Gasteiger partial charge >= 0.3 is 5.92 Å². The number of hydrogen-bond donors (Lipinski definition) is 1. The van der Waals surface area contributed by atoms with E-state index in [4.69, 9.17) is 5.26 Å². The van der Waals surface area contributed by atoms with Gasteiger partial charge in [0.15, 0.2) is 5.16 Å². The van der Waals surface area contributed by atoms with Crippen LogP contribution in [0.2, 0.25) is 0 Å². The summed E-state index contributed by atoms with van der Waals surface area (Å²) in [7, 11) is 0. The highest BCUT2D eigenvalue weighted by Gasteiger charge is 2.35. The molecule has 2 heterocycles. The smallest absolute Gasteiger partial charge is 0.321 e. The molecule has 1 aromatic carbocycles. The first kappa shape index (κ1) is 20.7. The first-order chi connectivity index (χ1) is 13.7. The minimum Gasteiger partial charge on any atom is -0.346 e. The predicted octanol–water partition coefficient (Wildman–Crippen LogP) is 3.17. The van der Waals surface area contributed by atoms with Gasteiger partial charge in [0.2, 0.25) is 0 Å². The number of rotatable bonds is 6. The SMILES string of the molecule is CSc1ncc(C([C@H](C)NC(=O)C(C)(F)F)n2ncc3cc(C#N)ccc32)cn1. The van der Waals surface area contributed by atoms with Crippen LogP contribution in [0.15, 0.2) is 41.9 Å². The van der Waals surface area contributed by atoms with Crippen molar-refractivity contribution in [1.29, 1.82) is 5.26 Å². The summed E-state index contributed by atoms with van der Waals surface area (Å²) in [4.78, 5) is 20.4. The van der Waals surface area contributed by atoms with E-state index in [1.807, 2.05) is 6.26 Å². The zero-order chi connectivity index (χ0) is 21.2. The van der Waals surface area contributed by atoms with Crippen LogP contribution in [0.3, 0.4) is 0 Å². The Morgan fingerprint density at radius 3 is 2.59 bits per heavy atom. The molecule has 0 aliphatic heterocycles. The minimum absolute atomic E-state index is 0.480. The third kappa shape index (κ3) is 4.35. The molecule has 7 nitrogen and oxygen atoms in total. The quantitative estimate of drug-likeness (QED) is 0.490. The normalized spacial score (nSPS) is 13.7. The lowest BCUT2D eigenvalue weighted by Crippen LogP contribution is -2.46. The Morgan fingerprint density at radius 1 is 1.31 bits per heavy atom. The summed E-state index contributed by atoms with van der Waals surface area (Å²) in [5, 5.41) is 17.1. The van der Waals surface area contributed by atoms with Crippen molar-refractivity contribution in [2.24, 2.45) is 0 Å². The van der Waals surface area contributed by atoms with Crippen LogP contribution < -0.4 is 5.32 Å². The van der Waals surface area contributed by atoms with E-state index in [-0.39, 0.29) is 0 Å². The molecule has 29 heavy (non-hydrogen) atoms. The summed E-state index contributed by atoms with van der Waals surface area (Å²) in [6.07, 6.45) is 6.61. The fourth-order valence-corrected chi connectivity index (χ4v) is 3.30. The second-order valence-corrected chi connectivity index (χ2v) is 7.35. The average Bonchev–Trinajstić information content (AvgIpc) is 3.10. The molecular weight excluding hydrogens is 398 g/mol. The van der Waals surface area contributed by atoms with Gasteiger partial charge in [-0.15, -0.1) is 0 Å². The Balaban J connectivity index is 2.07. The molecule has 10 heteroatoms. The summed E-state index contributed by atoms with van der Waals surface area (Å²) >= 11 is 1.37. The second-order valence-electron chi connectivity index (χ2n) is 6.57. The number of alkyl halides is 2. The molecule has 0 saturated heterocycles. The zero-order valence-corrected chi connectivity index (χ0v) is 16.7. The fraction of sp³-hybridized carbons (Fsp3) is 0.316. The summed E-state index contributed by atoms with van der Waals surface area (Å²) in [5.74, 6) is -4.88. The molecule has 3 aromatic rings. The summed E-state index contributed by atoms with van der Waals surface area (Å²) in [6.45, 7) is 2.17. The van der Waals surface area contributed by atoms with E-state index in [0.29, 0.717) is 28.7 Å². The Kier molecular flexibility index (Phi) is 5.79. The third-order valence-corrected chi connectivity index (χ3v) is 4.97. The number of carbonyl (C=O) groups excluding carboxylic acids is 1. The van der Waals surface area contributed by atoms with Crippen molar-refractivity contribution in [1.82, 2.24) is 25.1 Å². The van der Waals surface area contributed by atoms with Crippen molar-refractivity contribution in [3.05, 3.63) is 47.9 Å². The van der Waals surface area contributed by atoms with Crippen LogP contribution in [0.5, 0.6) is 0 Å². The van der Waals surface area contributed by atoms with Crippen molar-refractivity contribution in [2.45, 2.75) is 37.0 Å². The lowest BCUT2D eigenvalue weighted by molar-refractivity contribution is -0.143. The van der Waals surface area contributed by atoms with Gasteiger partial charge in [0.05, 0.1) is 29.4 Å². The fourth-order valence-electron chi connectivity index (χ4n) is 2.98. The number of hydrogen-bond acceptors (Lipinski definition) is 6. The second kappa shape index (κ2) is 8.13. The van der Waals surface area contributed by atoms with E-state index < -0.39 is 23.9 Å². The van der Waals surface area contributed by atoms with E-state index in [1.54, 1.807) is 48.4 Å². The van der Waals surface area contributed by atoms with Crippen molar-refractivity contribution in [3.8, 4) is 6.07 Å². The lowest BCUT2D eigenvalue weighted by Gasteiger charge is -2.27. The molecular formula is C19H18F2N6OS. The maximum atomic E-state index is 13.4. The maximum Gasteiger partial charge on any atom is 0.321 e. The van der Waals surface area contributed by atoms with Crippen LogP contribution in [-0.2, 0) is 4.79 Å². The van der Waals surface area contributed by atoms with Crippen LogP contribution in [-0.4, -0.2) is 43.9 Å². The van der Waals surface area contributed by atoms with E-state index in [9.17, 15) is 13.6 Å². The standard InChI is InChI=1S/C19H18F2N6OS/c1-11(26-17(28)19(2,20)21)16(14-8-23-18(29-3)24-9-14)27-15-5-4-12(7-22)6-13(15)10-25-27/h4-6,8-11,16H,1-3H3,(H,26,28)/t11-,16?/m0/s1. The average molecular weight is 416 g/mol. The van der Waals surface area contributed by atoms with Gasteiger partial charge in [-0.3, -0.25) is 9.48 Å². The van der Waals surface area contributed by atoms with Gasteiger partial charge < -0.3 is 5.32 Å². The maximum absolute atomic E-state index is 13.4. The first-order valence-electron chi connectivity index (χ1n) is 8.66. The molecule has 0 aliphatic rings. The molecule has 150 valence electrons. The molecule has 3 rings (SSSR count). The van der Waals surface area contributed by atoms with Crippen LogP contribution in [0.25, 0.3) is 10.9 Å². The Hall–Kier alpha value is -3.06. The number of thioether (sulfide) groups is 1. The van der Waals surface area contributed by atoms with E-state index in [0.717, 1.165) is 5.39 Å². The van der Waals surface area contributed by atoms with Crippen molar-refractivity contribution < 1.29 is 13.6 Å². The Bertz CT molecular complexity index is 1070. The minimum atomic E-state index is -3.51. The molecule has 1 N–H and O–H groups in total. The molecule has 1 unspecified atom stereocenters. The van der Waals surface area contributed by atoms with Gasteiger partial charge in [0.1, 0.15) is 6.04 Å². The number of carbonyl (C=O) groups is 1. The highest BCUT2D eigenvalue weighted by atomic mass is 32.2. The number of aromatic nitrogens is 4. The van der Waals surface area contributed by atoms with Crippen LogP contribution in [0.4, 0.5) is 8.78 Å². The number of nitrogens with one attached hydrogen (secondary N) is 1. The number of nitriles is 1. The van der Waals surface area contributed by atoms with Crippen molar-refractivity contribution >= 4 is 28.6 Å². The largest absolute Gasteiger partial charge is 0.346 e. The molecule has 2 aromatic heterocycles. The number of fused-ring (bicyclic) bond motifs is 1. The number of amides is 1. The van der Waals surface area contributed by atoms with E-state index in [1.165, 1.54) is 11.8 Å².